The standard InChI is InChI=1S/C19H24N2O3S/c1-14-6-7-16(21-10-4-5-11-21)13-18(14)20-25(22,23)17-8-9-19(24-3)15(2)12-17/h6-9,12-13,20H,4-5,10-11H2,1-3H3. The van der Waals surface area contributed by atoms with Crippen LogP contribution in [0.2, 0.25) is 0 Å². The second-order valence-electron chi connectivity index (χ2n) is 6.43. The van der Waals surface area contributed by atoms with Crippen molar-refractivity contribution < 1.29 is 13.2 Å². The Hall–Kier alpha value is -2.21. The van der Waals surface area contributed by atoms with Gasteiger partial charge in [0.15, 0.2) is 0 Å². The molecule has 1 aliphatic heterocycles. The van der Waals surface area contributed by atoms with Crippen molar-refractivity contribution >= 4 is 21.4 Å². The first kappa shape index (κ1) is 17.6. The zero-order valence-electron chi connectivity index (χ0n) is 14.9. The van der Waals surface area contributed by atoms with E-state index in [0.29, 0.717) is 11.4 Å². The Balaban J connectivity index is 1.90. The number of hydrogen-bond donors (Lipinski definition) is 1. The van der Waals surface area contributed by atoms with Gasteiger partial charge in [-0.2, -0.15) is 0 Å². The highest BCUT2D eigenvalue weighted by atomic mass is 32.2. The summed E-state index contributed by atoms with van der Waals surface area (Å²) in [6.45, 7) is 5.78. The molecular weight excluding hydrogens is 336 g/mol. The Bertz CT molecular complexity index is 872. The summed E-state index contributed by atoms with van der Waals surface area (Å²) in [5, 5.41) is 0. The number of ether oxygens (including phenoxy) is 1. The molecule has 0 aromatic heterocycles. The van der Waals surface area contributed by atoms with E-state index in [9.17, 15) is 8.42 Å². The molecule has 6 heteroatoms. The molecule has 1 aliphatic rings. The number of rotatable bonds is 5. The van der Waals surface area contributed by atoms with Crippen molar-refractivity contribution in [1.29, 1.82) is 0 Å². The molecule has 0 aliphatic carbocycles. The number of aryl methyl sites for hydroxylation is 2. The third kappa shape index (κ3) is 3.74. The van der Waals surface area contributed by atoms with Crippen molar-refractivity contribution in [2.75, 3.05) is 29.8 Å². The van der Waals surface area contributed by atoms with Gasteiger partial charge in [-0.15, -0.1) is 0 Å². The maximum absolute atomic E-state index is 12.8. The van der Waals surface area contributed by atoms with E-state index in [-0.39, 0.29) is 4.90 Å². The van der Waals surface area contributed by atoms with E-state index in [1.807, 2.05) is 26.0 Å². The molecule has 3 rings (SSSR count). The van der Waals surface area contributed by atoms with Crippen molar-refractivity contribution in [1.82, 2.24) is 0 Å². The van der Waals surface area contributed by atoms with Gasteiger partial charge in [-0.25, -0.2) is 8.42 Å². The molecule has 134 valence electrons. The van der Waals surface area contributed by atoms with Crippen LogP contribution in [-0.4, -0.2) is 28.6 Å². The number of nitrogens with one attached hydrogen (secondary N) is 1. The second-order valence-corrected chi connectivity index (χ2v) is 8.11. The zero-order chi connectivity index (χ0) is 18.0. The van der Waals surface area contributed by atoms with Crippen molar-refractivity contribution in [3.05, 3.63) is 47.5 Å². The Kier molecular flexibility index (Phi) is 4.90. The molecule has 0 radical (unpaired) electrons. The van der Waals surface area contributed by atoms with Gasteiger partial charge in [-0.1, -0.05) is 6.07 Å². The van der Waals surface area contributed by atoms with Gasteiger partial charge in [0, 0.05) is 18.8 Å². The lowest BCUT2D eigenvalue weighted by Crippen LogP contribution is -2.19. The minimum absolute atomic E-state index is 0.233. The van der Waals surface area contributed by atoms with Gasteiger partial charge < -0.3 is 9.64 Å². The molecule has 0 saturated carbocycles. The van der Waals surface area contributed by atoms with Crippen LogP contribution in [0.15, 0.2) is 41.3 Å². The summed E-state index contributed by atoms with van der Waals surface area (Å²) in [5.74, 6) is 0.672. The van der Waals surface area contributed by atoms with Gasteiger partial charge in [0.05, 0.1) is 17.7 Å². The Morgan fingerprint density at radius 1 is 1.00 bits per heavy atom. The van der Waals surface area contributed by atoms with Crippen molar-refractivity contribution in [3.63, 3.8) is 0 Å². The van der Waals surface area contributed by atoms with E-state index in [1.54, 1.807) is 25.3 Å². The number of hydrogen-bond acceptors (Lipinski definition) is 4. The van der Waals surface area contributed by atoms with Crippen LogP contribution in [0.5, 0.6) is 5.75 Å². The monoisotopic (exact) mass is 360 g/mol. The minimum atomic E-state index is -3.65. The first-order valence-electron chi connectivity index (χ1n) is 8.44. The normalized spacial score (nSPS) is 14.6. The fraction of sp³-hybridized carbons (Fsp3) is 0.368. The highest BCUT2D eigenvalue weighted by molar-refractivity contribution is 7.92. The molecule has 0 amide bonds. The molecule has 0 spiro atoms. The zero-order valence-corrected chi connectivity index (χ0v) is 15.7. The van der Waals surface area contributed by atoms with Crippen LogP contribution in [0.3, 0.4) is 0 Å². The van der Waals surface area contributed by atoms with Crippen LogP contribution in [0.4, 0.5) is 11.4 Å². The van der Waals surface area contributed by atoms with Crippen molar-refractivity contribution in [3.8, 4) is 5.75 Å². The molecule has 0 bridgehead atoms. The van der Waals surface area contributed by atoms with Crippen LogP contribution in [-0.2, 0) is 10.0 Å². The van der Waals surface area contributed by atoms with Gasteiger partial charge in [-0.3, -0.25) is 4.72 Å². The maximum Gasteiger partial charge on any atom is 0.261 e. The molecule has 2 aromatic carbocycles. The SMILES string of the molecule is COc1ccc(S(=O)(=O)Nc2cc(N3CCCC3)ccc2C)cc1C. The molecule has 0 atom stereocenters. The minimum Gasteiger partial charge on any atom is -0.496 e. The average Bonchev–Trinajstić information content (AvgIpc) is 3.11. The van der Waals surface area contributed by atoms with Crippen molar-refractivity contribution in [2.24, 2.45) is 0 Å². The van der Waals surface area contributed by atoms with Crippen LogP contribution in [0.25, 0.3) is 0 Å². The fourth-order valence-corrected chi connectivity index (χ4v) is 4.32. The van der Waals surface area contributed by atoms with E-state index < -0.39 is 10.0 Å². The molecule has 25 heavy (non-hydrogen) atoms. The predicted molar refractivity (Wildman–Crippen MR) is 101 cm³/mol. The van der Waals surface area contributed by atoms with E-state index in [0.717, 1.165) is 29.9 Å². The number of anilines is 2. The third-order valence-electron chi connectivity index (χ3n) is 4.61. The maximum atomic E-state index is 12.8. The predicted octanol–water partition coefficient (Wildman–Crippen LogP) is 3.71. The summed E-state index contributed by atoms with van der Waals surface area (Å²) >= 11 is 0. The summed E-state index contributed by atoms with van der Waals surface area (Å²) < 4.78 is 33.5. The molecular formula is C19H24N2O3S. The first-order valence-corrected chi connectivity index (χ1v) is 9.92. The van der Waals surface area contributed by atoms with Crippen LogP contribution >= 0.6 is 0 Å². The highest BCUT2D eigenvalue weighted by Crippen LogP contribution is 2.29. The van der Waals surface area contributed by atoms with Crippen LogP contribution < -0.4 is 14.4 Å². The fourth-order valence-electron chi connectivity index (χ4n) is 3.11. The number of methoxy groups -OCH3 is 1. The topological polar surface area (TPSA) is 58.6 Å². The molecule has 1 heterocycles. The Morgan fingerprint density at radius 3 is 2.36 bits per heavy atom. The Labute approximate surface area is 149 Å². The van der Waals surface area contributed by atoms with Gasteiger partial charge in [-0.05, 0) is 68.1 Å². The quantitative estimate of drug-likeness (QED) is 0.883. The summed E-state index contributed by atoms with van der Waals surface area (Å²) in [7, 11) is -2.08. The largest absolute Gasteiger partial charge is 0.496 e. The lowest BCUT2D eigenvalue weighted by molar-refractivity contribution is 0.411. The number of nitrogens with zero attached hydrogens (tertiary/aromatic N) is 1. The van der Waals surface area contributed by atoms with Gasteiger partial charge in [0.25, 0.3) is 10.0 Å². The van der Waals surface area contributed by atoms with E-state index >= 15 is 0 Å². The van der Waals surface area contributed by atoms with Crippen LogP contribution in [0, 0.1) is 13.8 Å². The molecule has 0 unspecified atom stereocenters. The smallest absolute Gasteiger partial charge is 0.261 e. The summed E-state index contributed by atoms with van der Waals surface area (Å²) in [5.41, 5.74) is 3.37. The second kappa shape index (κ2) is 6.96. The summed E-state index contributed by atoms with van der Waals surface area (Å²) in [4.78, 5) is 2.52. The summed E-state index contributed by atoms with van der Waals surface area (Å²) in [6, 6.07) is 10.8. The van der Waals surface area contributed by atoms with Gasteiger partial charge in [0.1, 0.15) is 5.75 Å². The Morgan fingerprint density at radius 2 is 1.72 bits per heavy atom. The summed E-state index contributed by atoms with van der Waals surface area (Å²) in [6.07, 6.45) is 2.36. The lowest BCUT2D eigenvalue weighted by atomic mass is 10.2. The number of sulfonamides is 1. The van der Waals surface area contributed by atoms with Crippen molar-refractivity contribution in [2.45, 2.75) is 31.6 Å². The molecule has 5 nitrogen and oxygen atoms in total. The molecule has 2 aromatic rings. The number of benzene rings is 2. The van der Waals surface area contributed by atoms with Crippen LogP contribution in [0.1, 0.15) is 24.0 Å². The first-order chi connectivity index (χ1) is 11.9. The molecule has 1 fully saturated rings. The molecule has 1 N–H and O–H groups in total. The van der Waals surface area contributed by atoms with Gasteiger partial charge in [0.2, 0.25) is 0 Å². The molecule has 1 saturated heterocycles. The highest BCUT2D eigenvalue weighted by Gasteiger charge is 2.18. The van der Waals surface area contributed by atoms with E-state index in [4.69, 9.17) is 4.74 Å². The van der Waals surface area contributed by atoms with E-state index in [1.165, 1.54) is 12.8 Å². The van der Waals surface area contributed by atoms with E-state index in [2.05, 4.69) is 15.7 Å². The van der Waals surface area contributed by atoms with Gasteiger partial charge >= 0.3 is 0 Å². The third-order valence-corrected chi connectivity index (χ3v) is 5.98. The average molecular weight is 360 g/mol. The lowest BCUT2D eigenvalue weighted by Gasteiger charge is -2.20.